The Bertz CT molecular complexity index is 695. The molecule has 6 heteroatoms. The number of carbonyl (C=O) groups is 1. The van der Waals surface area contributed by atoms with Gasteiger partial charge in [0.15, 0.2) is 0 Å². The van der Waals surface area contributed by atoms with Crippen molar-refractivity contribution in [2.24, 2.45) is 0 Å². The van der Waals surface area contributed by atoms with Gasteiger partial charge in [-0.25, -0.2) is 9.97 Å². The molecule has 0 saturated carbocycles. The summed E-state index contributed by atoms with van der Waals surface area (Å²) < 4.78 is 0. The maximum absolute atomic E-state index is 12.3. The molecule has 116 valence electrons. The van der Waals surface area contributed by atoms with E-state index < -0.39 is 0 Å². The van der Waals surface area contributed by atoms with Crippen molar-refractivity contribution in [3.8, 4) is 0 Å². The Hall–Kier alpha value is -2.14. The molecule has 0 aliphatic heterocycles. The van der Waals surface area contributed by atoms with Gasteiger partial charge in [-0.15, -0.1) is 0 Å². The number of rotatable bonds is 3. The zero-order valence-electron chi connectivity index (χ0n) is 13.1. The lowest BCUT2D eigenvalue weighted by atomic mass is 10.1. The fraction of sp³-hybridized carbons (Fsp3) is 0.312. The van der Waals surface area contributed by atoms with Gasteiger partial charge in [0.05, 0.1) is 0 Å². The molecule has 0 bridgehead atoms. The molecule has 2 N–H and O–H groups in total. The van der Waals surface area contributed by atoms with Crippen LogP contribution in [0.5, 0.6) is 0 Å². The second kappa shape index (κ2) is 6.32. The second-order valence-electron chi connectivity index (χ2n) is 6.05. The van der Waals surface area contributed by atoms with Crippen molar-refractivity contribution in [2.75, 3.05) is 10.6 Å². The number of nitrogens with zero attached hydrogens (tertiary/aromatic N) is 2. The summed E-state index contributed by atoms with van der Waals surface area (Å²) in [4.78, 5) is 20.7. The molecule has 0 aliphatic carbocycles. The van der Waals surface area contributed by atoms with E-state index in [2.05, 4.69) is 20.6 Å². The molecule has 0 unspecified atom stereocenters. The van der Waals surface area contributed by atoms with Crippen molar-refractivity contribution >= 4 is 29.1 Å². The molecule has 5 nitrogen and oxygen atoms in total. The minimum atomic E-state index is -0.301. The van der Waals surface area contributed by atoms with Crippen LogP contribution >= 0.6 is 11.6 Å². The van der Waals surface area contributed by atoms with Crippen molar-refractivity contribution in [3.05, 3.63) is 46.7 Å². The second-order valence-corrected chi connectivity index (χ2v) is 6.49. The summed E-state index contributed by atoms with van der Waals surface area (Å²) in [6.45, 7) is 7.90. The Morgan fingerprint density at radius 3 is 2.64 bits per heavy atom. The number of hydrogen-bond donors (Lipinski definition) is 2. The van der Waals surface area contributed by atoms with Gasteiger partial charge in [-0.05, 0) is 51.5 Å². The number of aryl methyl sites for hydroxylation is 1. The lowest BCUT2D eigenvalue weighted by Crippen LogP contribution is -2.28. The highest BCUT2D eigenvalue weighted by Crippen LogP contribution is 2.20. The van der Waals surface area contributed by atoms with E-state index >= 15 is 0 Å². The summed E-state index contributed by atoms with van der Waals surface area (Å²) in [6, 6.07) is 6.92. The summed E-state index contributed by atoms with van der Waals surface area (Å²) >= 11 is 5.96. The maximum Gasteiger partial charge on any atom is 0.274 e. The van der Waals surface area contributed by atoms with E-state index in [0.717, 1.165) is 5.56 Å². The fourth-order valence-corrected chi connectivity index (χ4v) is 1.97. The third-order valence-corrected chi connectivity index (χ3v) is 3.06. The van der Waals surface area contributed by atoms with Gasteiger partial charge in [-0.2, -0.15) is 0 Å². The van der Waals surface area contributed by atoms with Gasteiger partial charge in [-0.1, -0.05) is 17.7 Å². The first-order valence-corrected chi connectivity index (χ1v) is 7.31. The molecule has 1 amide bonds. The van der Waals surface area contributed by atoms with E-state index in [4.69, 9.17) is 11.6 Å². The van der Waals surface area contributed by atoms with E-state index in [0.29, 0.717) is 22.4 Å². The molecule has 22 heavy (non-hydrogen) atoms. The number of amides is 1. The first-order chi connectivity index (χ1) is 10.2. The number of halogens is 1. The fourth-order valence-electron chi connectivity index (χ4n) is 1.80. The number of carbonyl (C=O) groups excluding carboxylic acids is 1. The highest BCUT2D eigenvalue weighted by atomic mass is 35.5. The molecular weight excluding hydrogens is 300 g/mol. The molecule has 0 fully saturated rings. The zero-order chi connectivity index (χ0) is 16.3. The van der Waals surface area contributed by atoms with Crippen LogP contribution in [0.3, 0.4) is 0 Å². The van der Waals surface area contributed by atoms with Crippen molar-refractivity contribution in [3.63, 3.8) is 0 Å². The summed E-state index contributed by atoms with van der Waals surface area (Å²) in [5, 5.41) is 6.52. The summed E-state index contributed by atoms with van der Waals surface area (Å²) in [7, 11) is 0. The number of aromatic nitrogens is 2. The Morgan fingerprint density at radius 2 is 1.95 bits per heavy atom. The van der Waals surface area contributed by atoms with Crippen LogP contribution in [-0.2, 0) is 0 Å². The van der Waals surface area contributed by atoms with Crippen molar-refractivity contribution in [1.29, 1.82) is 0 Å². The van der Waals surface area contributed by atoms with Crippen LogP contribution in [0.1, 0.15) is 36.8 Å². The smallest absolute Gasteiger partial charge is 0.274 e. The van der Waals surface area contributed by atoms with Crippen LogP contribution in [0.15, 0.2) is 30.5 Å². The monoisotopic (exact) mass is 318 g/mol. The topological polar surface area (TPSA) is 66.9 Å². The van der Waals surface area contributed by atoms with E-state index in [1.807, 2.05) is 33.8 Å². The molecule has 0 spiro atoms. The number of benzene rings is 1. The molecule has 1 heterocycles. The lowest BCUT2D eigenvalue weighted by Gasteiger charge is -2.20. The van der Waals surface area contributed by atoms with E-state index in [-0.39, 0.29) is 11.4 Å². The van der Waals surface area contributed by atoms with Crippen LogP contribution in [0.25, 0.3) is 0 Å². The van der Waals surface area contributed by atoms with Gasteiger partial charge in [0.25, 0.3) is 5.91 Å². The van der Waals surface area contributed by atoms with E-state index in [1.54, 1.807) is 24.4 Å². The Kier molecular flexibility index (Phi) is 4.66. The number of hydrogen-bond acceptors (Lipinski definition) is 4. The first kappa shape index (κ1) is 16.2. The standard InChI is InChI=1S/C16H19ClN4O/c1-10-5-6-11(17)9-13(10)19-14(22)12-7-8-18-15(20-12)21-16(2,3)4/h5-9H,1-4H3,(H,19,22)(H,18,20,21). The van der Waals surface area contributed by atoms with Crippen molar-refractivity contribution in [1.82, 2.24) is 9.97 Å². The third kappa shape index (κ3) is 4.43. The van der Waals surface area contributed by atoms with Gasteiger partial charge in [0, 0.05) is 22.4 Å². The van der Waals surface area contributed by atoms with Gasteiger partial charge in [0.1, 0.15) is 5.69 Å². The van der Waals surface area contributed by atoms with Gasteiger partial charge >= 0.3 is 0 Å². The molecule has 0 saturated heterocycles. The summed E-state index contributed by atoms with van der Waals surface area (Å²) in [5.74, 6) is 0.118. The third-order valence-electron chi connectivity index (χ3n) is 2.82. The van der Waals surface area contributed by atoms with Crippen LogP contribution in [0, 0.1) is 6.92 Å². The average Bonchev–Trinajstić information content (AvgIpc) is 2.41. The average molecular weight is 319 g/mol. The predicted octanol–water partition coefficient (Wildman–Crippen LogP) is 3.90. The van der Waals surface area contributed by atoms with Crippen LogP contribution in [0.4, 0.5) is 11.6 Å². The minimum Gasteiger partial charge on any atom is -0.350 e. The summed E-state index contributed by atoms with van der Waals surface area (Å²) in [5.41, 5.74) is 1.71. The Balaban J connectivity index is 2.19. The molecule has 0 atom stereocenters. The maximum atomic E-state index is 12.3. The molecular formula is C16H19ClN4O. The van der Waals surface area contributed by atoms with Gasteiger partial charge in [0.2, 0.25) is 5.95 Å². The quantitative estimate of drug-likeness (QED) is 0.900. The molecule has 1 aromatic carbocycles. The number of anilines is 2. The molecule has 2 rings (SSSR count). The zero-order valence-corrected chi connectivity index (χ0v) is 13.8. The predicted molar refractivity (Wildman–Crippen MR) is 89.5 cm³/mol. The van der Waals surface area contributed by atoms with E-state index in [1.165, 1.54) is 0 Å². The molecule has 0 aliphatic rings. The Labute approximate surface area is 135 Å². The lowest BCUT2D eigenvalue weighted by molar-refractivity contribution is 0.102. The van der Waals surface area contributed by atoms with Crippen LogP contribution in [0.2, 0.25) is 5.02 Å². The van der Waals surface area contributed by atoms with E-state index in [9.17, 15) is 4.79 Å². The SMILES string of the molecule is Cc1ccc(Cl)cc1NC(=O)c1ccnc(NC(C)(C)C)n1. The Morgan fingerprint density at radius 1 is 1.23 bits per heavy atom. The first-order valence-electron chi connectivity index (χ1n) is 6.93. The molecule has 2 aromatic rings. The van der Waals surface area contributed by atoms with Crippen molar-refractivity contribution < 1.29 is 4.79 Å². The molecule has 1 aromatic heterocycles. The van der Waals surface area contributed by atoms with Gasteiger partial charge in [-0.3, -0.25) is 4.79 Å². The normalized spacial score (nSPS) is 11.1. The van der Waals surface area contributed by atoms with Crippen LogP contribution < -0.4 is 10.6 Å². The highest BCUT2D eigenvalue weighted by Gasteiger charge is 2.14. The largest absolute Gasteiger partial charge is 0.350 e. The number of nitrogens with one attached hydrogen (secondary N) is 2. The minimum absolute atomic E-state index is 0.182. The van der Waals surface area contributed by atoms with Crippen molar-refractivity contribution in [2.45, 2.75) is 33.2 Å². The highest BCUT2D eigenvalue weighted by molar-refractivity contribution is 6.31. The van der Waals surface area contributed by atoms with Crippen LogP contribution in [-0.4, -0.2) is 21.4 Å². The van der Waals surface area contributed by atoms with Gasteiger partial charge < -0.3 is 10.6 Å². The molecule has 0 radical (unpaired) electrons. The summed E-state index contributed by atoms with van der Waals surface area (Å²) in [6.07, 6.45) is 1.56.